The Morgan fingerprint density at radius 1 is 1.36 bits per heavy atom. The molecule has 0 aliphatic rings. The summed E-state index contributed by atoms with van der Waals surface area (Å²) >= 11 is 0. The van der Waals surface area contributed by atoms with Crippen molar-refractivity contribution in [2.45, 2.75) is 19.8 Å². The molecule has 0 amide bonds. The van der Waals surface area contributed by atoms with Gasteiger partial charge in [-0.05, 0) is 5.92 Å². The number of carbonyl (C=O) groups excluding carboxylic acids is 1. The molecular weight excluding hydrogens is 345 g/mol. The average Bonchev–Trinajstić information content (AvgIpc) is 2.55. The Labute approximate surface area is 147 Å². The third kappa shape index (κ3) is 5.06. The highest BCUT2D eigenvalue weighted by Gasteiger charge is 2.22. The van der Waals surface area contributed by atoms with Crippen LogP contribution in [0.3, 0.4) is 0 Å². The standard InChI is InChI=1S/C17H22FN3O3S/c1-6-8-13(9-7-10-18)16-14(11-22)15(12(2)3)19-17(20-16)21(4)25(5,23)24/h6-9,11-12H,1,10H2,2-5H3/b9-7-,13-8+. The molecular formula is C17H22FN3O3S. The van der Waals surface area contributed by atoms with Gasteiger partial charge in [0.15, 0.2) is 6.29 Å². The lowest BCUT2D eigenvalue weighted by Crippen LogP contribution is -2.28. The van der Waals surface area contributed by atoms with E-state index in [1.807, 2.05) is 13.8 Å². The largest absolute Gasteiger partial charge is 0.298 e. The van der Waals surface area contributed by atoms with Crippen LogP contribution in [-0.4, -0.2) is 44.6 Å². The van der Waals surface area contributed by atoms with Gasteiger partial charge < -0.3 is 0 Å². The summed E-state index contributed by atoms with van der Waals surface area (Å²) < 4.78 is 37.1. The predicted molar refractivity (Wildman–Crippen MR) is 98.0 cm³/mol. The van der Waals surface area contributed by atoms with Crippen LogP contribution in [-0.2, 0) is 10.0 Å². The van der Waals surface area contributed by atoms with Crippen LogP contribution in [0.15, 0.2) is 30.9 Å². The molecule has 0 fully saturated rings. The van der Waals surface area contributed by atoms with Crippen molar-refractivity contribution >= 4 is 27.8 Å². The van der Waals surface area contributed by atoms with Gasteiger partial charge in [-0.2, -0.15) is 0 Å². The number of allylic oxidation sites excluding steroid dienone is 5. The van der Waals surface area contributed by atoms with E-state index in [2.05, 4.69) is 16.5 Å². The van der Waals surface area contributed by atoms with Crippen molar-refractivity contribution in [2.24, 2.45) is 0 Å². The summed E-state index contributed by atoms with van der Waals surface area (Å²) in [5.41, 5.74) is 1.30. The summed E-state index contributed by atoms with van der Waals surface area (Å²) in [5, 5.41) is 0. The van der Waals surface area contributed by atoms with Crippen molar-refractivity contribution in [1.29, 1.82) is 0 Å². The summed E-state index contributed by atoms with van der Waals surface area (Å²) in [6.07, 6.45) is 7.42. The van der Waals surface area contributed by atoms with Crippen molar-refractivity contribution < 1.29 is 17.6 Å². The third-order valence-corrected chi connectivity index (χ3v) is 4.52. The van der Waals surface area contributed by atoms with Gasteiger partial charge in [-0.25, -0.2) is 27.1 Å². The fourth-order valence-corrected chi connectivity index (χ4v) is 2.43. The van der Waals surface area contributed by atoms with E-state index in [1.54, 1.807) is 6.08 Å². The second-order valence-electron chi connectivity index (χ2n) is 5.59. The molecule has 0 aliphatic heterocycles. The molecule has 8 heteroatoms. The number of carbonyl (C=O) groups is 1. The molecule has 1 aromatic rings. The van der Waals surface area contributed by atoms with Gasteiger partial charge in [0.2, 0.25) is 16.0 Å². The molecule has 0 atom stereocenters. The van der Waals surface area contributed by atoms with E-state index in [-0.39, 0.29) is 23.1 Å². The summed E-state index contributed by atoms with van der Waals surface area (Å²) in [4.78, 5) is 20.1. The number of rotatable bonds is 8. The predicted octanol–water partition coefficient (Wildman–Crippen LogP) is 2.90. The molecule has 1 rings (SSSR count). The minimum Gasteiger partial charge on any atom is -0.298 e. The van der Waals surface area contributed by atoms with E-state index >= 15 is 0 Å². The smallest absolute Gasteiger partial charge is 0.239 e. The number of halogens is 1. The zero-order valence-electron chi connectivity index (χ0n) is 14.7. The third-order valence-electron chi connectivity index (χ3n) is 3.36. The van der Waals surface area contributed by atoms with Crippen LogP contribution >= 0.6 is 0 Å². The molecule has 0 aliphatic carbocycles. The Balaban J connectivity index is 3.82. The lowest BCUT2D eigenvalue weighted by molar-refractivity contribution is 0.112. The van der Waals surface area contributed by atoms with Crippen molar-refractivity contribution in [3.63, 3.8) is 0 Å². The molecule has 0 radical (unpaired) electrons. The van der Waals surface area contributed by atoms with Crippen LogP contribution in [0.1, 0.15) is 41.5 Å². The van der Waals surface area contributed by atoms with Crippen LogP contribution in [0.2, 0.25) is 0 Å². The first-order valence-corrected chi connectivity index (χ1v) is 9.38. The molecule has 25 heavy (non-hydrogen) atoms. The second-order valence-corrected chi connectivity index (χ2v) is 7.60. The molecule has 1 heterocycles. The Morgan fingerprint density at radius 3 is 2.44 bits per heavy atom. The van der Waals surface area contributed by atoms with E-state index < -0.39 is 16.7 Å². The van der Waals surface area contributed by atoms with Gasteiger partial charge in [-0.1, -0.05) is 44.7 Å². The first-order valence-electron chi connectivity index (χ1n) is 7.53. The van der Waals surface area contributed by atoms with E-state index in [0.29, 0.717) is 17.6 Å². The number of sulfonamides is 1. The van der Waals surface area contributed by atoms with Gasteiger partial charge in [-0.15, -0.1) is 0 Å². The van der Waals surface area contributed by atoms with Crippen LogP contribution < -0.4 is 4.31 Å². The fourth-order valence-electron chi connectivity index (χ4n) is 2.05. The molecule has 6 nitrogen and oxygen atoms in total. The Bertz CT molecular complexity index is 815. The first kappa shape index (κ1) is 20.7. The van der Waals surface area contributed by atoms with Crippen molar-refractivity contribution in [3.05, 3.63) is 47.8 Å². The number of aromatic nitrogens is 2. The van der Waals surface area contributed by atoms with Crippen molar-refractivity contribution in [3.8, 4) is 0 Å². The Kier molecular flexibility index (Phi) is 7.17. The lowest BCUT2D eigenvalue weighted by Gasteiger charge is -2.19. The summed E-state index contributed by atoms with van der Waals surface area (Å²) in [6, 6.07) is 0. The SMILES string of the molecule is C=C/C=C(\C=C/CF)c1nc(N(C)S(C)(=O)=O)nc(C(C)C)c1C=O. The maximum absolute atomic E-state index is 12.5. The number of hydrogen-bond donors (Lipinski definition) is 0. The fraction of sp³-hybridized carbons (Fsp3) is 0.353. The lowest BCUT2D eigenvalue weighted by atomic mass is 9.99. The highest BCUT2D eigenvalue weighted by atomic mass is 32.2. The van der Waals surface area contributed by atoms with Gasteiger partial charge in [0.1, 0.15) is 6.67 Å². The van der Waals surface area contributed by atoms with E-state index in [4.69, 9.17) is 0 Å². The van der Waals surface area contributed by atoms with Crippen molar-refractivity contribution in [1.82, 2.24) is 9.97 Å². The summed E-state index contributed by atoms with van der Waals surface area (Å²) in [5.74, 6) is -0.209. The monoisotopic (exact) mass is 367 g/mol. The van der Waals surface area contributed by atoms with Gasteiger partial charge in [-0.3, -0.25) is 4.79 Å². The van der Waals surface area contributed by atoms with Crippen LogP contribution in [0, 0.1) is 0 Å². The molecule has 0 saturated carbocycles. The van der Waals surface area contributed by atoms with Crippen LogP contribution in [0.25, 0.3) is 5.57 Å². The summed E-state index contributed by atoms with van der Waals surface area (Å²) in [6.45, 7) is 6.57. The van der Waals surface area contributed by atoms with Gasteiger partial charge in [0, 0.05) is 12.6 Å². The molecule has 0 saturated heterocycles. The molecule has 0 unspecified atom stereocenters. The number of anilines is 1. The zero-order chi connectivity index (χ0) is 19.2. The van der Waals surface area contributed by atoms with Gasteiger partial charge in [0.25, 0.3) is 0 Å². The van der Waals surface area contributed by atoms with E-state index in [1.165, 1.54) is 25.3 Å². The maximum Gasteiger partial charge on any atom is 0.239 e. The zero-order valence-corrected chi connectivity index (χ0v) is 15.5. The average molecular weight is 367 g/mol. The van der Waals surface area contributed by atoms with Crippen LogP contribution in [0.5, 0.6) is 0 Å². The topological polar surface area (TPSA) is 80.2 Å². The normalized spacial score (nSPS) is 12.6. The maximum atomic E-state index is 12.5. The van der Waals surface area contributed by atoms with Gasteiger partial charge >= 0.3 is 0 Å². The van der Waals surface area contributed by atoms with E-state index in [9.17, 15) is 17.6 Å². The number of alkyl halides is 1. The highest BCUT2D eigenvalue weighted by Crippen LogP contribution is 2.27. The highest BCUT2D eigenvalue weighted by molar-refractivity contribution is 7.92. The minimum absolute atomic E-state index is 0.0598. The Hall–Kier alpha value is -2.35. The molecule has 0 spiro atoms. The second kappa shape index (κ2) is 8.66. The van der Waals surface area contributed by atoms with Crippen LogP contribution in [0.4, 0.5) is 10.3 Å². The first-order chi connectivity index (χ1) is 11.7. The Morgan fingerprint density at radius 2 is 2.00 bits per heavy atom. The quantitative estimate of drug-likeness (QED) is 0.521. The molecule has 1 aromatic heterocycles. The number of hydrogen-bond acceptors (Lipinski definition) is 5. The molecule has 0 N–H and O–H groups in total. The molecule has 0 bridgehead atoms. The van der Waals surface area contributed by atoms with Gasteiger partial charge in [0.05, 0.1) is 23.2 Å². The minimum atomic E-state index is -3.59. The van der Waals surface area contributed by atoms with Crippen molar-refractivity contribution in [2.75, 3.05) is 24.3 Å². The number of nitrogens with zero attached hydrogens (tertiary/aromatic N) is 3. The molecule has 0 aromatic carbocycles. The number of aldehydes is 1. The molecule has 136 valence electrons. The van der Waals surface area contributed by atoms with E-state index in [0.717, 1.165) is 10.6 Å². The summed E-state index contributed by atoms with van der Waals surface area (Å²) in [7, 11) is -2.26.